The van der Waals surface area contributed by atoms with Crippen LogP contribution in [0.2, 0.25) is 5.54 Å². The molecule has 0 amide bonds. The van der Waals surface area contributed by atoms with Crippen molar-refractivity contribution in [2.75, 3.05) is 171 Å². The average Bonchev–Trinajstić information content (AvgIpc) is 3.28. The summed E-state index contributed by atoms with van der Waals surface area (Å²) in [4.78, 5) is 21.2. The van der Waals surface area contributed by atoms with Crippen molar-refractivity contribution in [2.45, 2.75) is 54.0 Å². The van der Waals surface area contributed by atoms with Crippen molar-refractivity contribution in [3.8, 4) is 0 Å². The Kier molecular flexibility index (Phi) is 13.3. The SMILES string of the molecule is CC1=C(C)C([Si](c2cc(C)c(N(C)C)c(N(C)C)c2N(C)C)(c2cc(C)c(N(C)C)c(N(C)C)c2N(C)C)c2cc(C)c(N(C)C)c(N(C)C)c2N(C)C)C(C)=C1C. The zero-order valence-electron chi connectivity index (χ0n) is 41.3. The average molecular weight is 810 g/mol. The van der Waals surface area contributed by atoms with Gasteiger partial charge in [-0.1, -0.05) is 29.3 Å². The van der Waals surface area contributed by atoms with E-state index in [0.29, 0.717) is 0 Å². The van der Waals surface area contributed by atoms with E-state index in [1.165, 1.54) is 106 Å². The van der Waals surface area contributed by atoms with Crippen LogP contribution < -0.4 is 59.7 Å². The number of rotatable bonds is 13. The van der Waals surface area contributed by atoms with E-state index in [-0.39, 0.29) is 5.54 Å². The van der Waals surface area contributed by atoms with E-state index < -0.39 is 8.07 Å². The van der Waals surface area contributed by atoms with Crippen LogP contribution in [0.5, 0.6) is 0 Å². The van der Waals surface area contributed by atoms with Gasteiger partial charge in [-0.15, -0.1) is 0 Å². The predicted molar refractivity (Wildman–Crippen MR) is 268 cm³/mol. The molecule has 0 heterocycles. The summed E-state index contributed by atoms with van der Waals surface area (Å²) in [5.41, 5.74) is 21.1. The second-order valence-corrected chi connectivity index (χ2v) is 22.6. The third-order valence-electron chi connectivity index (χ3n) is 12.7. The van der Waals surface area contributed by atoms with Gasteiger partial charge in [-0.2, -0.15) is 0 Å². The fourth-order valence-electron chi connectivity index (χ4n) is 10.5. The second-order valence-electron chi connectivity index (χ2n) is 18.8. The van der Waals surface area contributed by atoms with Gasteiger partial charge in [-0.05, 0) is 91.9 Å². The van der Waals surface area contributed by atoms with Gasteiger partial charge in [-0.3, -0.25) is 0 Å². The van der Waals surface area contributed by atoms with Gasteiger partial charge in [0.05, 0.1) is 51.2 Å². The van der Waals surface area contributed by atoms with Crippen LogP contribution in [0.25, 0.3) is 0 Å². The lowest BCUT2D eigenvalue weighted by Crippen LogP contribution is -2.72. The van der Waals surface area contributed by atoms with Crippen LogP contribution in [0.4, 0.5) is 51.2 Å². The molecule has 0 radical (unpaired) electrons. The number of nitrogens with zero attached hydrogens (tertiary/aromatic N) is 9. The van der Waals surface area contributed by atoms with Crippen LogP contribution in [-0.4, -0.2) is 135 Å². The zero-order chi connectivity index (χ0) is 44.4. The van der Waals surface area contributed by atoms with E-state index in [1.54, 1.807) is 0 Å². The minimum Gasteiger partial charge on any atom is -0.376 e. The number of hydrogen-bond acceptors (Lipinski definition) is 9. The molecular formula is C48H79N9Si. The summed E-state index contributed by atoms with van der Waals surface area (Å²) in [5.74, 6) is 0. The van der Waals surface area contributed by atoms with Crippen LogP contribution in [0.15, 0.2) is 40.5 Å². The fourth-order valence-corrected chi connectivity index (χ4v) is 17.5. The normalized spacial score (nSPS) is 13.4. The monoisotopic (exact) mass is 810 g/mol. The molecule has 10 heteroatoms. The molecule has 0 N–H and O–H groups in total. The number of benzene rings is 3. The van der Waals surface area contributed by atoms with Crippen molar-refractivity contribution in [1.82, 2.24) is 0 Å². The third kappa shape index (κ3) is 7.17. The van der Waals surface area contributed by atoms with Crippen LogP contribution in [0, 0.1) is 20.8 Å². The first-order chi connectivity index (χ1) is 26.7. The largest absolute Gasteiger partial charge is 0.376 e. The molecule has 0 spiro atoms. The van der Waals surface area contributed by atoms with Crippen molar-refractivity contribution < 1.29 is 0 Å². The molecule has 0 aromatic heterocycles. The minimum absolute atomic E-state index is 0.127. The van der Waals surface area contributed by atoms with Crippen molar-refractivity contribution in [3.05, 3.63) is 57.2 Å². The first kappa shape index (κ1) is 46.2. The van der Waals surface area contributed by atoms with Crippen LogP contribution in [0.3, 0.4) is 0 Å². The lowest BCUT2D eigenvalue weighted by molar-refractivity contribution is 1.03. The Morgan fingerprint density at radius 3 is 0.655 bits per heavy atom. The van der Waals surface area contributed by atoms with Gasteiger partial charge < -0.3 is 44.1 Å². The Bertz CT molecular complexity index is 1900. The summed E-state index contributed by atoms with van der Waals surface area (Å²) in [6.45, 7) is 16.6. The fraction of sp³-hybridized carbons (Fsp3) is 0.542. The lowest BCUT2D eigenvalue weighted by Gasteiger charge is -2.48. The van der Waals surface area contributed by atoms with E-state index in [4.69, 9.17) is 0 Å². The summed E-state index contributed by atoms with van der Waals surface area (Å²) in [5, 5.41) is 4.31. The van der Waals surface area contributed by atoms with Crippen molar-refractivity contribution >= 4 is 74.8 Å². The quantitative estimate of drug-likeness (QED) is 0.138. The van der Waals surface area contributed by atoms with Crippen molar-refractivity contribution in [3.63, 3.8) is 0 Å². The number of allylic oxidation sites excluding steroid dienone is 4. The molecule has 4 rings (SSSR count). The molecule has 0 saturated heterocycles. The number of hydrogen-bond donors (Lipinski definition) is 0. The standard InChI is InChI=1S/C48H79N9Si/c1-29-26-36(42(52(14)15)45(55(20)21)39(29)49(8)9)58(48-34(6)32(4)33(5)35(48)7,37-27-30(2)40(50(10)11)46(56(22)23)43(37)53(16)17)38-28-31(3)41(51(12)13)47(57(24)25)44(38)54(18)19/h26-28,48H,1-25H3. The van der Waals surface area contributed by atoms with Gasteiger partial charge in [0, 0.05) is 132 Å². The molecule has 3 aromatic rings. The molecule has 0 atom stereocenters. The first-order valence-corrected chi connectivity index (χ1v) is 22.7. The minimum atomic E-state index is -3.40. The number of aryl methyl sites for hydroxylation is 3. The molecule has 9 nitrogen and oxygen atoms in total. The Hall–Kier alpha value is -4.44. The molecule has 0 saturated carbocycles. The molecule has 1 aliphatic rings. The maximum atomic E-state index is 2.61. The first-order valence-electron chi connectivity index (χ1n) is 20.7. The maximum Gasteiger partial charge on any atom is 0.167 e. The molecule has 320 valence electrons. The van der Waals surface area contributed by atoms with E-state index >= 15 is 0 Å². The van der Waals surface area contributed by atoms with Crippen molar-refractivity contribution in [1.29, 1.82) is 0 Å². The summed E-state index contributed by atoms with van der Waals surface area (Å²) < 4.78 is 0. The van der Waals surface area contributed by atoms with Crippen LogP contribution in [-0.2, 0) is 0 Å². The Labute approximate surface area is 355 Å². The molecule has 1 aliphatic carbocycles. The Morgan fingerprint density at radius 1 is 0.293 bits per heavy atom. The summed E-state index contributed by atoms with van der Waals surface area (Å²) in [7, 11) is 36.6. The predicted octanol–water partition coefficient (Wildman–Crippen LogP) is 6.73. The maximum absolute atomic E-state index is 3.40. The van der Waals surface area contributed by atoms with Crippen molar-refractivity contribution in [2.24, 2.45) is 0 Å². The second kappa shape index (κ2) is 16.7. The Balaban J connectivity index is 2.76. The molecular weight excluding hydrogens is 731 g/mol. The van der Waals surface area contributed by atoms with Gasteiger partial charge in [0.2, 0.25) is 0 Å². The van der Waals surface area contributed by atoms with Gasteiger partial charge in [0.1, 0.15) is 0 Å². The highest BCUT2D eigenvalue weighted by molar-refractivity contribution is 7.15. The highest BCUT2D eigenvalue weighted by Gasteiger charge is 2.56. The molecule has 58 heavy (non-hydrogen) atoms. The Morgan fingerprint density at radius 2 is 0.483 bits per heavy atom. The molecule has 0 fully saturated rings. The number of anilines is 9. The van der Waals surface area contributed by atoms with Crippen LogP contribution >= 0.6 is 0 Å². The topological polar surface area (TPSA) is 29.2 Å². The van der Waals surface area contributed by atoms with Gasteiger partial charge in [0.25, 0.3) is 0 Å². The van der Waals surface area contributed by atoms with Crippen LogP contribution in [0.1, 0.15) is 44.4 Å². The zero-order valence-corrected chi connectivity index (χ0v) is 42.3. The van der Waals surface area contributed by atoms with E-state index in [2.05, 4.69) is 238 Å². The summed E-state index contributed by atoms with van der Waals surface area (Å²) in [6.07, 6.45) is 0. The lowest BCUT2D eigenvalue weighted by atomic mass is 10.1. The van der Waals surface area contributed by atoms with Gasteiger partial charge in [-0.25, -0.2) is 0 Å². The van der Waals surface area contributed by atoms with E-state index in [1.807, 2.05) is 0 Å². The molecule has 0 unspecified atom stereocenters. The summed E-state index contributed by atoms with van der Waals surface area (Å²) >= 11 is 0. The highest BCUT2D eigenvalue weighted by atomic mass is 28.3. The molecule has 3 aromatic carbocycles. The van der Waals surface area contributed by atoms with E-state index in [0.717, 1.165) is 0 Å². The molecule has 0 bridgehead atoms. The third-order valence-corrected chi connectivity index (χ3v) is 18.1. The van der Waals surface area contributed by atoms with Gasteiger partial charge in [0.15, 0.2) is 8.07 Å². The smallest absolute Gasteiger partial charge is 0.167 e. The molecule has 0 aliphatic heterocycles. The van der Waals surface area contributed by atoms with E-state index in [9.17, 15) is 0 Å². The van der Waals surface area contributed by atoms with Gasteiger partial charge >= 0.3 is 0 Å². The summed E-state index contributed by atoms with van der Waals surface area (Å²) in [6, 6.07) is 7.84. The highest BCUT2D eigenvalue weighted by Crippen LogP contribution is 2.53.